The molecule has 1 saturated carbocycles. The predicted octanol–water partition coefficient (Wildman–Crippen LogP) is 5.06. The highest BCUT2D eigenvalue weighted by molar-refractivity contribution is 5.58. The maximum atomic E-state index is 10.4. The lowest BCUT2D eigenvalue weighted by Gasteiger charge is -2.11. The third-order valence-electron chi connectivity index (χ3n) is 5.98. The van der Waals surface area contributed by atoms with Crippen LogP contribution in [0.5, 0.6) is 0 Å². The number of aromatic nitrogens is 4. The normalized spacial score (nSPS) is 14.9. The van der Waals surface area contributed by atoms with E-state index in [1.807, 2.05) is 41.9 Å². The van der Waals surface area contributed by atoms with Gasteiger partial charge in [-0.25, -0.2) is 0 Å². The molecule has 1 aliphatic carbocycles. The molecule has 6 heteroatoms. The van der Waals surface area contributed by atoms with Crippen molar-refractivity contribution < 1.29 is 9.63 Å². The van der Waals surface area contributed by atoms with E-state index in [4.69, 9.17) is 4.52 Å². The molecule has 0 saturated heterocycles. The molecule has 0 amide bonds. The van der Waals surface area contributed by atoms with E-state index in [2.05, 4.69) is 53.4 Å². The van der Waals surface area contributed by atoms with E-state index in [-0.39, 0.29) is 0 Å². The van der Waals surface area contributed by atoms with Crippen molar-refractivity contribution in [3.63, 3.8) is 0 Å². The van der Waals surface area contributed by atoms with Gasteiger partial charge in [0.25, 0.3) is 5.89 Å². The van der Waals surface area contributed by atoms with Gasteiger partial charge in [0.1, 0.15) is 0 Å². The quantitative estimate of drug-likeness (QED) is 0.477. The fraction of sp³-hybridized carbons (Fsp3) is 0.320. The summed E-state index contributed by atoms with van der Waals surface area (Å²) in [6.07, 6.45) is 1.67. The van der Waals surface area contributed by atoms with Crippen LogP contribution in [-0.2, 0) is 12.1 Å². The Kier molecular flexibility index (Phi) is 4.74. The van der Waals surface area contributed by atoms with Crippen molar-refractivity contribution in [1.82, 2.24) is 19.9 Å². The fourth-order valence-corrected chi connectivity index (χ4v) is 3.78. The summed E-state index contributed by atoms with van der Waals surface area (Å²) in [6.45, 7) is 6.97. The van der Waals surface area contributed by atoms with Gasteiger partial charge in [-0.05, 0) is 48.4 Å². The summed E-state index contributed by atoms with van der Waals surface area (Å²) < 4.78 is 7.43. The highest BCUT2D eigenvalue weighted by Crippen LogP contribution is 2.45. The Morgan fingerprint density at radius 1 is 1.10 bits per heavy atom. The Morgan fingerprint density at radius 2 is 1.87 bits per heavy atom. The lowest BCUT2D eigenvalue weighted by Crippen LogP contribution is -2.07. The van der Waals surface area contributed by atoms with Gasteiger partial charge in [-0.15, -0.1) is 0 Å². The molecule has 4 aromatic rings. The third kappa shape index (κ3) is 3.91. The number of hydrogen-bond donors (Lipinski definition) is 1. The van der Waals surface area contributed by atoms with E-state index in [0.717, 1.165) is 35.2 Å². The zero-order valence-electron chi connectivity index (χ0n) is 18.0. The molecule has 158 valence electrons. The summed E-state index contributed by atoms with van der Waals surface area (Å²) in [6, 6.07) is 18.3. The van der Waals surface area contributed by atoms with Crippen molar-refractivity contribution >= 4 is 0 Å². The first kappa shape index (κ1) is 19.7. The van der Waals surface area contributed by atoms with Gasteiger partial charge in [-0.2, -0.15) is 10.1 Å². The van der Waals surface area contributed by atoms with Gasteiger partial charge in [0.15, 0.2) is 5.69 Å². The van der Waals surface area contributed by atoms with E-state index in [9.17, 15) is 5.11 Å². The number of aryl methyl sites for hydroxylation is 1. The molecule has 2 aromatic heterocycles. The van der Waals surface area contributed by atoms with Crippen LogP contribution < -0.4 is 0 Å². The summed E-state index contributed by atoms with van der Waals surface area (Å²) in [7, 11) is 0. The second-order valence-corrected chi connectivity index (χ2v) is 8.76. The molecule has 6 nitrogen and oxygen atoms in total. The monoisotopic (exact) mass is 414 g/mol. The van der Waals surface area contributed by atoms with Gasteiger partial charge in [0.2, 0.25) is 5.82 Å². The van der Waals surface area contributed by atoms with E-state index in [0.29, 0.717) is 29.9 Å². The lowest BCUT2D eigenvalue weighted by atomic mass is 10.0. The van der Waals surface area contributed by atoms with Crippen LogP contribution in [0.15, 0.2) is 59.1 Å². The van der Waals surface area contributed by atoms with Crippen LogP contribution in [0.25, 0.3) is 23.0 Å². The summed E-state index contributed by atoms with van der Waals surface area (Å²) in [5.74, 6) is 1.45. The van der Waals surface area contributed by atoms with Crippen molar-refractivity contribution in [2.75, 3.05) is 0 Å². The Hall–Kier alpha value is -3.25. The number of rotatable bonds is 6. The molecule has 0 bridgehead atoms. The molecule has 2 heterocycles. The van der Waals surface area contributed by atoms with Crippen molar-refractivity contribution in [1.29, 1.82) is 0 Å². The van der Waals surface area contributed by atoms with Gasteiger partial charge in [-0.3, -0.25) is 4.68 Å². The van der Waals surface area contributed by atoms with Gasteiger partial charge in [0.05, 0.1) is 12.1 Å². The maximum absolute atomic E-state index is 10.4. The second kappa shape index (κ2) is 7.46. The van der Waals surface area contributed by atoms with Gasteiger partial charge in [-0.1, -0.05) is 67.5 Å². The first-order valence-electron chi connectivity index (χ1n) is 10.7. The van der Waals surface area contributed by atoms with Gasteiger partial charge in [0, 0.05) is 11.3 Å². The molecule has 0 atom stereocenters. The van der Waals surface area contributed by atoms with Crippen LogP contribution in [0.4, 0.5) is 0 Å². The molecule has 2 aromatic carbocycles. The smallest absolute Gasteiger partial charge is 0.278 e. The van der Waals surface area contributed by atoms with E-state index in [1.54, 1.807) is 0 Å². The lowest BCUT2D eigenvalue weighted by molar-refractivity contribution is 0.151. The zero-order chi connectivity index (χ0) is 21.6. The number of hydrogen-bond acceptors (Lipinski definition) is 5. The third-order valence-corrected chi connectivity index (χ3v) is 5.98. The zero-order valence-corrected chi connectivity index (χ0v) is 18.0. The average molecular weight is 415 g/mol. The van der Waals surface area contributed by atoms with Crippen LogP contribution >= 0.6 is 0 Å². The fourth-order valence-electron chi connectivity index (χ4n) is 3.78. The molecule has 0 aliphatic heterocycles. The minimum Gasteiger partial charge on any atom is -0.385 e. The average Bonchev–Trinajstić information content (AvgIpc) is 3.18. The highest BCUT2D eigenvalue weighted by Gasteiger charge is 2.42. The van der Waals surface area contributed by atoms with Crippen molar-refractivity contribution in [3.8, 4) is 23.0 Å². The second-order valence-electron chi connectivity index (χ2n) is 8.76. The molecule has 5 rings (SSSR count). The minimum absolute atomic E-state index is 0.408. The molecule has 0 unspecified atom stereocenters. The SMILES string of the molecule is Cc1cc(-c2nc(-c3ccc(C(C)C)cc3)no2)nn1Cc1cccc(C2(O)CC2)c1. The molecular weight excluding hydrogens is 388 g/mol. The number of aliphatic hydroxyl groups is 1. The van der Waals surface area contributed by atoms with Gasteiger partial charge >= 0.3 is 0 Å². The molecule has 1 N–H and O–H groups in total. The van der Waals surface area contributed by atoms with E-state index in [1.165, 1.54) is 5.56 Å². The Balaban J connectivity index is 1.36. The largest absolute Gasteiger partial charge is 0.385 e. The van der Waals surface area contributed by atoms with Crippen LogP contribution in [0.3, 0.4) is 0 Å². The highest BCUT2D eigenvalue weighted by atomic mass is 16.5. The molecular formula is C25H26N4O2. The molecule has 1 fully saturated rings. The Labute approximate surface area is 181 Å². The summed E-state index contributed by atoms with van der Waals surface area (Å²) in [4.78, 5) is 4.55. The van der Waals surface area contributed by atoms with Crippen LogP contribution in [0.2, 0.25) is 0 Å². The van der Waals surface area contributed by atoms with Crippen LogP contribution in [0.1, 0.15) is 55.0 Å². The Bertz CT molecular complexity index is 1220. The molecule has 1 aliphatic rings. The molecule has 31 heavy (non-hydrogen) atoms. The van der Waals surface area contributed by atoms with Crippen LogP contribution in [-0.4, -0.2) is 25.0 Å². The van der Waals surface area contributed by atoms with Crippen molar-refractivity contribution in [3.05, 3.63) is 77.0 Å². The van der Waals surface area contributed by atoms with Crippen LogP contribution in [0, 0.1) is 6.92 Å². The summed E-state index contributed by atoms with van der Waals surface area (Å²) >= 11 is 0. The summed E-state index contributed by atoms with van der Waals surface area (Å²) in [5.41, 5.74) is 5.32. The maximum Gasteiger partial charge on any atom is 0.278 e. The first-order valence-corrected chi connectivity index (χ1v) is 10.7. The Morgan fingerprint density at radius 3 is 2.58 bits per heavy atom. The summed E-state index contributed by atoms with van der Waals surface area (Å²) in [5, 5.41) is 19.2. The molecule has 0 radical (unpaired) electrons. The topological polar surface area (TPSA) is 77.0 Å². The molecule has 0 spiro atoms. The van der Waals surface area contributed by atoms with Crippen molar-refractivity contribution in [2.45, 2.75) is 51.7 Å². The van der Waals surface area contributed by atoms with Gasteiger partial charge < -0.3 is 9.63 Å². The van der Waals surface area contributed by atoms with E-state index < -0.39 is 5.60 Å². The number of nitrogens with zero attached hydrogens (tertiary/aromatic N) is 4. The standard InChI is InChI=1S/C25H26N4O2/c1-16(2)19-7-9-20(10-8-19)23-26-24(31-28-23)22-13-17(3)29(27-22)15-18-5-4-6-21(14-18)25(30)11-12-25/h4-10,13-14,16,30H,11-12,15H2,1-3H3. The van der Waals surface area contributed by atoms with Crippen molar-refractivity contribution in [2.24, 2.45) is 0 Å². The minimum atomic E-state index is -0.631. The number of benzene rings is 2. The van der Waals surface area contributed by atoms with E-state index >= 15 is 0 Å². The predicted molar refractivity (Wildman–Crippen MR) is 118 cm³/mol. The first-order chi connectivity index (χ1) is 14.9.